The van der Waals surface area contributed by atoms with Crippen molar-refractivity contribution in [3.63, 3.8) is 0 Å². The molecular weight excluding hydrogens is 432 g/mol. The van der Waals surface area contributed by atoms with E-state index in [1.807, 2.05) is 12.1 Å². The summed E-state index contributed by atoms with van der Waals surface area (Å²) in [7, 11) is 0. The maximum Gasteiger partial charge on any atom is 0.408 e. The fraction of sp³-hybridized carbons (Fsp3) is 0.615. The molecule has 186 valence electrons. The quantitative estimate of drug-likeness (QED) is 0.556. The van der Waals surface area contributed by atoms with E-state index in [1.165, 1.54) is 4.90 Å². The molecule has 1 aromatic rings. The molecule has 0 aromatic heterocycles. The van der Waals surface area contributed by atoms with Gasteiger partial charge in [0.15, 0.2) is 0 Å². The third-order valence-electron chi connectivity index (χ3n) is 5.76. The predicted molar refractivity (Wildman–Crippen MR) is 130 cm³/mol. The van der Waals surface area contributed by atoms with Gasteiger partial charge in [0, 0.05) is 6.04 Å². The molecule has 2 atom stereocenters. The van der Waals surface area contributed by atoms with Crippen molar-refractivity contribution in [2.45, 2.75) is 90.4 Å². The fourth-order valence-electron chi connectivity index (χ4n) is 4.13. The second-order valence-corrected chi connectivity index (χ2v) is 10.1. The number of rotatable bonds is 8. The Morgan fingerprint density at radius 3 is 2.26 bits per heavy atom. The van der Waals surface area contributed by atoms with Gasteiger partial charge in [-0.2, -0.15) is 5.26 Å². The highest BCUT2D eigenvalue weighted by atomic mass is 16.6. The maximum atomic E-state index is 13.7. The second kappa shape index (κ2) is 12.4. The molecule has 0 aliphatic heterocycles. The number of carbonyl (C=O) groups is 3. The zero-order valence-corrected chi connectivity index (χ0v) is 21.0. The molecule has 3 amide bonds. The van der Waals surface area contributed by atoms with Crippen LogP contribution in [0.1, 0.15) is 78.3 Å². The number of hydrogen-bond donors (Lipinski definition) is 2. The average molecular weight is 471 g/mol. The zero-order valence-electron chi connectivity index (χ0n) is 21.0. The number of benzene rings is 1. The molecule has 8 nitrogen and oxygen atoms in total. The third-order valence-corrected chi connectivity index (χ3v) is 5.76. The molecule has 34 heavy (non-hydrogen) atoms. The molecule has 8 heteroatoms. The molecule has 2 N–H and O–H groups in total. The third kappa shape index (κ3) is 8.05. The van der Waals surface area contributed by atoms with Crippen LogP contribution in [0.25, 0.3) is 0 Å². The summed E-state index contributed by atoms with van der Waals surface area (Å²) in [6.07, 6.45) is 4.33. The van der Waals surface area contributed by atoms with Crippen molar-refractivity contribution >= 4 is 17.9 Å². The summed E-state index contributed by atoms with van der Waals surface area (Å²) in [4.78, 5) is 40.9. The van der Waals surface area contributed by atoms with E-state index < -0.39 is 29.7 Å². The van der Waals surface area contributed by atoms with Crippen LogP contribution in [0.5, 0.6) is 0 Å². The maximum absolute atomic E-state index is 13.7. The molecule has 1 aliphatic rings. The minimum absolute atomic E-state index is 0.0484. The van der Waals surface area contributed by atoms with Crippen molar-refractivity contribution < 1.29 is 19.1 Å². The summed E-state index contributed by atoms with van der Waals surface area (Å²) in [5, 5.41) is 15.3. The van der Waals surface area contributed by atoms with Crippen LogP contribution in [0.4, 0.5) is 4.79 Å². The van der Waals surface area contributed by atoms with Crippen molar-refractivity contribution in [2.75, 3.05) is 6.54 Å². The summed E-state index contributed by atoms with van der Waals surface area (Å²) in [5.41, 5.74) is -0.118. The van der Waals surface area contributed by atoms with Crippen LogP contribution >= 0.6 is 0 Å². The highest BCUT2D eigenvalue weighted by Gasteiger charge is 2.38. The Hall–Kier alpha value is -3.08. The van der Waals surface area contributed by atoms with Gasteiger partial charge in [0.2, 0.25) is 11.8 Å². The van der Waals surface area contributed by atoms with Crippen LogP contribution in [-0.4, -0.2) is 47.0 Å². The highest BCUT2D eigenvalue weighted by molar-refractivity contribution is 5.92. The molecule has 1 aromatic carbocycles. The Labute approximate surface area is 203 Å². The van der Waals surface area contributed by atoms with Crippen LogP contribution < -0.4 is 10.6 Å². The number of ether oxygens (including phenoxy) is 1. The first-order chi connectivity index (χ1) is 16.0. The van der Waals surface area contributed by atoms with Crippen LogP contribution in [-0.2, 0) is 14.3 Å². The lowest BCUT2D eigenvalue weighted by Gasteiger charge is -2.35. The number of nitriles is 1. The number of amides is 3. The minimum Gasteiger partial charge on any atom is -0.444 e. The molecule has 1 fully saturated rings. The van der Waals surface area contributed by atoms with E-state index in [9.17, 15) is 19.6 Å². The van der Waals surface area contributed by atoms with Gasteiger partial charge in [-0.05, 0) is 45.1 Å². The Morgan fingerprint density at radius 2 is 1.74 bits per heavy atom. The highest BCUT2D eigenvalue weighted by Crippen LogP contribution is 2.25. The Kier molecular flexibility index (Phi) is 9.91. The van der Waals surface area contributed by atoms with E-state index in [0.29, 0.717) is 5.56 Å². The SMILES string of the molecule is CC(C)C(NC(=O)OC(C)(C)C)C(=O)N(CC#N)C(C(=O)NC1CCCCC1)c1ccccc1. The molecule has 0 heterocycles. The lowest BCUT2D eigenvalue weighted by atomic mass is 9.94. The van der Waals surface area contributed by atoms with Crippen LogP contribution in [0.3, 0.4) is 0 Å². The molecular formula is C26H38N4O4. The van der Waals surface area contributed by atoms with Gasteiger partial charge < -0.3 is 20.3 Å². The first-order valence-corrected chi connectivity index (χ1v) is 12.1. The molecule has 0 spiro atoms. The van der Waals surface area contributed by atoms with E-state index in [1.54, 1.807) is 58.9 Å². The summed E-state index contributed by atoms with van der Waals surface area (Å²) < 4.78 is 5.34. The molecule has 0 bridgehead atoms. The Bertz CT molecular complexity index is 867. The van der Waals surface area contributed by atoms with E-state index >= 15 is 0 Å². The van der Waals surface area contributed by atoms with Gasteiger partial charge in [-0.15, -0.1) is 0 Å². The Morgan fingerprint density at radius 1 is 1.12 bits per heavy atom. The van der Waals surface area contributed by atoms with E-state index in [4.69, 9.17) is 4.74 Å². The molecule has 0 radical (unpaired) electrons. The van der Waals surface area contributed by atoms with Gasteiger partial charge in [0.05, 0.1) is 6.07 Å². The van der Waals surface area contributed by atoms with E-state index in [0.717, 1.165) is 32.1 Å². The van der Waals surface area contributed by atoms with Gasteiger partial charge in [0.25, 0.3) is 0 Å². The summed E-state index contributed by atoms with van der Waals surface area (Å²) in [6, 6.07) is 9.09. The average Bonchev–Trinajstić information content (AvgIpc) is 2.77. The lowest BCUT2D eigenvalue weighted by molar-refractivity contribution is -0.142. The van der Waals surface area contributed by atoms with Gasteiger partial charge in [-0.1, -0.05) is 63.4 Å². The van der Waals surface area contributed by atoms with Crippen molar-refractivity contribution in [1.82, 2.24) is 15.5 Å². The van der Waals surface area contributed by atoms with E-state index in [-0.39, 0.29) is 24.4 Å². The first kappa shape index (κ1) is 27.2. The van der Waals surface area contributed by atoms with Crippen LogP contribution in [0, 0.1) is 17.2 Å². The monoisotopic (exact) mass is 470 g/mol. The van der Waals surface area contributed by atoms with Crippen molar-refractivity contribution in [3.05, 3.63) is 35.9 Å². The smallest absolute Gasteiger partial charge is 0.408 e. The van der Waals surface area contributed by atoms with Crippen LogP contribution in [0.2, 0.25) is 0 Å². The fourth-order valence-corrected chi connectivity index (χ4v) is 4.13. The molecule has 2 rings (SSSR count). The number of nitrogens with one attached hydrogen (secondary N) is 2. The van der Waals surface area contributed by atoms with Crippen LogP contribution in [0.15, 0.2) is 30.3 Å². The van der Waals surface area contributed by atoms with E-state index in [2.05, 4.69) is 10.6 Å². The Balaban J connectivity index is 2.36. The number of hydrogen-bond acceptors (Lipinski definition) is 5. The van der Waals surface area contributed by atoms with Gasteiger partial charge in [-0.3, -0.25) is 9.59 Å². The van der Waals surface area contributed by atoms with Gasteiger partial charge >= 0.3 is 6.09 Å². The summed E-state index contributed by atoms with van der Waals surface area (Å²) in [6.45, 7) is 8.51. The van der Waals surface area contributed by atoms with Gasteiger partial charge in [-0.25, -0.2) is 4.79 Å². The topological polar surface area (TPSA) is 112 Å². The standard InChI is InChI=1S/C26H38N4O4/c1-18(2)21(29-25(33)34-26(3,4)5)24(32)30(17-16-27)22(19-12-8-6-9-13-19)23(31)28-20-14-10-7-11-15-20/h6,8-9,12-13,18,20-22H,7,10-11,14-15,17H2,1-5H3,(H,28,31)(H,29,33). The number of nitrogens with zero attached hydrogens (tertiary/aromatic N) is 2. The minimum atomic E-state index is -0.989. The molecule has 2 unspecified atom stereocenters. The summed E-state index contributed by atoms with van der Waals surface area (Å²) >= 11 is 0. The molecule has 1 saturated carbocycles. The normalized spacial score (nSPS) is 16.1. The number of carbonyl (C=O) groups excluding carboxylic acids is 3. The molecule has 1 aliphatic carbocycles. The lowest BCUT2D eigenvalue weighted by Crippen LogP contribution is -2.55. The second-order valence-electron chi connectivity index (χ2n) is 10.1. The van der Waals surface area contributed by atoms with Crippen molar-refractivity contribution in [3.8, 4) is 6.07 Å². The number of alkyl carbamates (subject to hydrolysis) is 1. The predicted octanol–water partition coefficient (Wildman–Crippen LogP) is 4.08. The van der Waals surface area contributed by atoms with Crippen molar-refractivity contribution in [2.24, 2.45) is 5.92 Å². The summed E-state index contributed by atoms with van der Waals surface area (Å²) in [5.74, 6) is -1.12. The first-order valence-electron chi connectivity index (χ1n) is 12.1. The van der Waals surface area contributed by atoms with Crippen molar-refractivity contribution in [1.29, 1.82) is 5.26 Å². The van der Waals surface area contributed by atoms with Gasteiger partial charge in [0.1, 0.15) is 24.2 Å². The zero-order chi connectivity index (χ0) is 25.3. The molecule has 0 saturated heterocycles. The largest absolute Gasteiger partial charge is 0.444 e.